The van der Waals surface area contributed by atoms with Crippen molar-refractivity contribution in [3.8, 4) is 0 Å². The quantitative estimate of drug-likeness (QED) is 0.628. The molecule has 0 unspecified atom stereocenters. The molecule has 1 aromatic carbocycles. The molecule has 1 aromatic heterocycles. The zero-order chi connectivity index (χ0) is 18.9. The van der Waals surface area contributed by atoms with Crippen molar-refractivity contribution in [2.45, 2.75) is 19.3 Å². The van der Waals surface area contributed by atoms with Crippen molar-refractivity contribution >= 4 is 29.0 Å². The summed E-state index contributed by atoms with van der Waals surface area (Å²) in [6, 6.07) is 7.97. The van der Waals surface area contributed by atoms with E-state index < -0.39 is 4.92 Å². The molecule has 0 aliphatic carbocycles. The summed E-state index contributed by atoms with van der Waals surface area (Å²) >= 11 is 0. The Balaban J connectivity index is 1.43. The largest absolute Gasteiger partial charge is 0.356 e. The van der Waals surface area contributed by atoms with Gasteiger partial charge in [0, 0.05) is 43.7 Å². The van der Waals surface area contributed by atoms with Gasteiger partial charge in [0.25, 0.3) is 5.69 Å². The highest BCUT2D eigenvalue weighted by Gasteiger charge is 2.44. The molecule has 0 bridgehead atoms. The molecule has 0 saturated carbocycles. The van der Waals surface area contributed by atoms with Crippen LogP contribution in [0.25, 0.3) is 0 Å². The van der Waals surface area contributed by atoms with Gasteiger partial charge in [-0.3, -0.25) is 14.9 Å². The summed E-state index contributed by atoms with van der Waals surface area (Å²) in [4.78, 5) is 33.4. The van der Waals surface area contributed by atoms with Crippen LogP contribution >= 0.6 is 0 Å². The predicted molar refractivity (Wildman–Crippen MR) is 99.9 cm³/mol. The minimum absolute atomic E-state index is 0.0356. The minimum atomic E-state index is -0.436. The van der Waals surface area contributed by atoms with Gasteiger partial charge in [-0.2, -0.15) is 4.98 Å². The Morgan fingerprint density at radius 1 is 1.15 bits per heavy atom. The van der Waals surface area contributed by atoms with Gasteiger partial charge >= 0.3 is 0 Å². The molecule has 2 aliphatic heterocycles. The van der Waals surface area contributed by atoms with E-state index in [9.17, 15) is 14.9 Å². The van der Waals surface area contributed by atoms with E-state index in [1.54, 1.807) is 18.3 Å². The highest BCUT2D eigenvalue weighted by Crippen LogP contribution is 2.38. The van der Waals surface area contributed by atoms with Crippen molar-refractivity contribution in [2.24, 2.45) is 5.41 Å². The Hall–Kier alpha value is -3.23. The predicted octanol–water partition coefficient (Wildman–Crippen LogP) is 2.23. The molecule has 9 nitrogen and oxygen atoms in total. The van der Waals surface area contributed by atoms with E-state index in [2.05, 4.69) is 25.5 Å². The number of hydrogen-bond acceptors (Lipinski definition) is 7. The van der Waals surface area contributed by atoms with Gasteiger partial charge in [-0.1, -0.05) is 0 Å². The molecule has 2 saturated heterocycles. The summed E-state index contributed by atoms with van der Waals surface area (Å²) in [5.41, 5.74) is 0.509. The third-order valence-electron chi connectivity index (χ3n) is 5.39. The van der Waals surface area contributed by atoms with Gasteiger partial charge in [0.05, 0.1) is 10.3 Å². The molecule has 1 spiro atoms. The normalized spacial score (nSPS) is 18.4. The van der Waals surface area contributed by atoms with Gasteiger partial charge in [0.15, 0.2) is 0 Å². The molecule has 3 heterocycles. The number of nitro benzene ring substituents is 1. The summed E-state index contributed by atoms with van der Waals surface area (Å²) in [5, 5.41) is 16.8. The first-order chi connectivity index (χ1) is 13.1. The van der Waals surface area contributed by atoms with Crippen molar-refractivity contribution in [2.75, 3.05) is 29.9 Å². The van der Waals surface area contributed by atoms with Crippen LogP contribution < -0.4 is 15.5 Å². The Bertz CT molecular complexity index is 862. The first-order valence-corrected chi connectivity index (χ1v) is 8.94. The maximum atomic E-state index is 12.1. The molecule has 2 fully saturated rings. The molecule has 2 aliphatic rings. The van der Waals surface area contributed by atoms with E-state index >= 15 is 0 Å². The summed E-state index contributed by atoms with van der Waals surface area (Å²) in [6.07, 6.45) is 4.25. The van der Waals surface area contributed by atoms with Crippen LogP contribution in [-0.2, 0) is 4.79 Å². The summed E-state index contributed by atoms with van der Waals surface area (Å²) in [7, 11) is 0. The zero-order valence-corrected chi connectivity index (χ0v) is 14.7. The summed E-state index contributed by atoms with van der Waals surface area (Å²) in [5.74, 6) is 1.42. The fourth-order valence-corrected chi connectivity index (χ4v) is 3.74. The summed E-state index contributed by atoms with van der Waals surface area (Å²) < 4.78 is 0. The SMILES string of the molecule is O=C1NCCC12CCN(c1ccnc(Nc3ccc([N+](=O)[O-])cc3)n1)CC2. The zero-order valence-electron chi connectivity index (χ0n) is 14.7. The molecule has 9 heteroatoms. The number of amides is 1. The second kappa shape index (κ2) is 6.82. The Morgan fingerprint density at radius 3 is 2.52 bits per heavy atom. The summed E-state index contributed by atoms with van der Waals surface area (Å²) in [6.45, 7) is 2.33. The van der Waals surface area contributed by atoms with Crippen LogP contribution in [0.2, 0.25) is 0 Å². The van der Waals surface area contributed by atoms with Crippen LogP contribution in [0.5, 0.6) is 0 Å². The van der Waals surface area contributed by atoms with Gasteiger partial charge in [0.1, 0.15) is 5.82 Å². The van der Waals surface area contributed by atoms with E-state index in [0.29, 0.717) is 11.6 Å². The molecular weight excluding hydrogens is 348 g/mol. The van der Waals surface area contributed by atoms with Crippen molar-refractivity contribution in [3.05, 3.63) is 46.6 Å². The van der Waals surface area contributed by atoms with Gasteiger partial charge < -0.3 is 15.5 Å². The molecule has 0 atom stereocenters. The molecule has 2 N–H and O–H groups in total. The van der Waals surface area contributed by atoms with Crippen molar-refractivity contribution < 1.29 is 9.72 Å². The fourth-order valence-electron chi connectivity index (χ4n) is 3.74. The number of hydrogen-bond donors (Lipinski definition) is 2. The van der Waals surface area contributed by atoms with E-state index in [4.69, 9.17) is 0 Å². The molecule has 27 heavy (non-hydrogen) atoms. The number of carbonyl (C=O) groups excluding carboxylic acids is 1. The second-order valence-corrected chi connectivity index (χ2v) is 6.94. The lowest BCUT2D eigenvalue weighted by atomic mass is 9.77. The molecule has 0 radical (unpaired) electrons. The van der Waals surface area contributed by atoms with Gasteiger partial charge in [-0.25, -0.2) is 4.98 Å². The standard InChI is InChI=1S/C18H20N6O3/c25-16-18(6-10-19-16)7-11-23(12-8-18)15-5-9-20-17(22-15)21-13-1-3-14(4-2-13)24(26)27/h1-5,9H,6-8,10-12H2,(H,19,25)(H,20,21,22). The average molecular weight is 368 g/mol. The lowest BCUT2D eigenvalue weighted by Crippen LogP contribution is -2.44. The maximum Gasteiger partial charge on any atom is 0.269 e. The third-order valence-corrected chi connectivity index (χ3v) is 5.39. The fraction of sp³-hybridized carbons (Fsp3) is 0.389. The monoisotopic (exact) mass is 368 g/mol. The molecule has 140 valence electrons. The van der Waals surface area contributed by atoms with E-state index in [1.165, 1.54) is 12.1 Å². The van der Waals surface area contributed by atoms with Crippen LogP contribution in [0.15, 0.2) is 36.5 Å². The number of nitrogens with zero attached hydrogens (tertiary/aromatic N) is 4. The smallest absolute Gasteiger partial charge is 0.269 e. The first kappa shape index (κ1) is 17.2. The highest BCUT2D eigenvalue weighted by molar-refractivity contribution is 5.85. The van der Waals surface area contributed by atoms with Crippen LogP contribution in [-0.4, -0.2) is 40.4 Å². The van der Waals surface area contributed by atoms with Gasteiger partial charge in [0.2, 0.25) is 11.9 Å². The number of rotatable bonds is 4. The average Bonchev–Trinajstić information content (AvgIpc) is 3.03. The van der Waals surface area contributed by atoms with E-state index in [0.717, 1.165) is 44.7 Å². The Kier molecular flexibility index (Phi) is 4.35. The lowest BCUT2D eigenvalue weighted by molar-refractivity contribution is -0.384. The van der Waals surface area contributed by atoms with Crippen LogP contribution in [0.4, 0.5) is 23.1 Å². The number of piperidine rings is 1. The molecule has 4 rings (SSSR count). The number of aromatic nitrogens is 2. The van der Waals surface area contributed by atoms with E-state index in [1.807, 2.05) is 6.07 Å². The maximum absolute atomic E-state index is 12.1. The molecule has 2 aromatic rings. The molecular formula is C18H20N6O3. The van der Waals surface area contributed by atoms with Crippen molar-refractivity contribution in [1.29, 1.82) is 0 Å². The Morgan fingerprint density at radius 2 is 1.89 bits per heavy atom. The number of nitrogens with one attached hydrogen (secondary N) is 2. The van der Waals surface area contributed by atoms with Crippen LogP contribution in [0.3, 0.4) is 0 Å². The highest BCUT2D eigenvalue weighted by atomic mass is 16.6. The van der Waals surface area contributed by atoms with Gasteiger partial charge in [-0.05, 0) is 37.5 Å². The topological polar surface area (TPSA) is 113 Å². The number of nitro groups is 1. The molecule has 1 amide bonds. The van der Waals surface area contributed by atoms with Crippen molar-refractivity contribution in [1.82, 2.24) is 15.3 Å². The third kappa shape index (κ3) is 3.40. The van der Waals surface area contributed by atoms with Crippen LogP contribution in [0, 0.1) is 15.5 Å². The Labute approximate surface area is 156 Å². The first-order valence-electron chi connectivity index (χ1n) is 8.94. The van der Waals surface area contributed by atoms with Gasteiger partial charge in [-0.15, -0.1) is 0 Å². The van der Waals surface area contributed by atoms with Crippen molar-refractivity contribution in [3.63, 3.8) is 0 Å². The lowest BCUT2D eigenvalue weighted by Gasteiger charge is -2.37. The van der Waals surface area contributed by atoms with E-state index in [-0.39, 0.29) is 17.0 Å². The van der Waals surface area contributed by atoms with Crippen LogP contribution in [0.1, 0.15) is 19.3 Å². The number of carbonyl (C=O) groups is 1. The second-order valence-electron chi connectivity index (χ2n) is 6.94. The number of non-ortho nitro benzene ring substituents is 1. The number of benzene rings is 1. The number of anilines is 3. The minimum Gasteiger partial charge on any atom is -0.356 e.